The van der Waals surface area contributed by atoms with Crippen LogP contribution in [0, 0.1) is 0 Å². The summed E-state index contributed by atoms with van der Waals surface area (Å²) in [5.41, 5.74) is -1.71. The number of carboxylic acids is 1. The van der Waals surface area contributed by atoms with E-state index in [1.807, 2.05) is 0 Å². The second-order valence-corrected chi connectivity index (χ2v) is 3.67. The normalized spacial score (nSPS) is 35.8. The number of piperazine rings is 1. The van der Waals surface area contributed by atoms with Gasteiger partial charge in [-0.2, -0.15) is 0 Å². The Morgan fingerprint density at radius 3 is 2.79 bits per heavy atom. The van der Waals surface area contributed by atoms with Crippen molar-refractivity contribution >= 4 is 17.8 Å². The van der Waals surface area contributed by atoms with Crippen LogP contribution in [0.25, 0.3) is 0 Å². The number of likely N-dealkylation sites (N-methyl/N-ethyl adjacent to an activating group) is 1. The number of rotatable bonds is 1. The molecule has 2 amide bonds. The highest BCUT2D eigenvalue weighted by atomic mass is 16.4. The van der Waals surface area contributed by atoms with Gasteiger partial charge in [0.25, 0.3) is 5.91 Å². The summed E-state index contributed by atoms with van der Waals surface area (Å²) in [4.78, 5) is 35.2. The zero-order chi connectivity index (χ0) is 10.5. The minimum Gasteiger partial charge on any atom is -0.479 e. The summed E-state index contributed by atoms with van der Waals surface area (Å²) in [6.07, 6.45) is 0.599. The lowest BCUT2D eigenvalue weighted by atomic mass is 9.80. The molecule has 0 spiro atoms. The van der Waals surface area contributed by atoms with Crippen molar-refractivity contribution in [1.29, 1.82) is 0 Å². The Balaban J connectivity index is 2.46. The Labute approximate surface area is 79.9 Å². The monoisotopic (exact) mass is 198 g/mol. The van der Waals surface area contributed by atoms with Crippen LogP contribution in [0.4, 0.5) is 0 Å². The van der Waals surface area contributed by atoms with Crippen LogP contribution in [0.15, 0.2) is 0 Å². The second-order valence-electron chi connectivity index (χ2n) is 3.67. The van der Waals surface area contributed by atoms with Crippen molar-refractivity contribution in [3.05, 3.63) is 0 Å². The summed E-state index contributed by atoms with van der Waals surface area (Å²) < 4.78 is 0. The van der Waals surface area contributed by atoms with E-state index in [4.69, 9.17) is 5.11 Å². The first-order valence-corrected chi connectivity index (χ1v) is 4.32. The smallest absolute Gasteiger partial charge is 0.339 e. The largest absolute Gasteiger partial charge is 0.479 e. The molecule has 14 heavy (non-hydrogen) atoms. The van der Waals surface area contributed by atoms with E-state index in [0.717, 1.165) is 0 Å². The number of fused-ring (bicyclic) bond motifs is 3. The average Bonchev–Trinajstić information content (AvgIpc) is 2.13. The molecule has 2 N–H and O–H groups in total. The van der Waals surface area contributed by atoms with Crippen LogP contribution in [-0.2, 0) is 14.4 Å². The number of piperidine rings is 2. The molecule has 0 aliphatic carbocycles. The molecule has 3 aliphatic rings. The third kappa shape index (κ3) is 0.826. The van der Waals surface area contributed by atoms with Crippen LogP contribution < -0.4 is 5.32 Å². The number of nitrogens with one attached hydrogen (secondary N) is 1. The first-order valence-electron chi connectivity index (χ1n) is 4.32. The molecule has 6 heteroatoms. The van der Waals surface area contributed by atoms with Gasteiger partial charge in [0.1, 0.15) is 6.04 Å². The average molecular weight is 198 g/mol. The van der Waals surface area contributed by atoms with Crippen molar-refractivity contribution < 1.29 is 19.5 Å². The molecule has 2 bridgehead atoms. The SMILES string of the molecule is CN1C(=O)C2(C(=O)O)CCC1C(=O)N2. The first kappa shape index (κ1) is 8.98. The fraction of sp³-hybridized carbons (Fsp3) is 0.625. The van der Waals surface area contributed by atoms with Gasteiger partial charge in [-0.25, -0.2) is 4.79 Å². The van der Waals surface area contributed by atoms with Crippen molar-refractivity contribution in [3.63, 3.8) is 0 Å². The maximum absolute atomic E-state index is 11.6. The van der Waals surface area contributed by atoms with Gasteiger partial charge in [0.15, 0.2) is 0 Å². The molecular weight excluding hydrogens is 188 g/mol. The molecule has 76 valence electrons. The number of hydrogen-bond donors (Lipinski definition) is 2. The summed E-state index contributed by atoms with van der Waals surface area (Å²) in [5, 5.41) is 11.2. The maximum Gasteiger partial charge on any atom is 0.339 e. The fourth-order valence-electron chi connectivity index (χ4n) is 2.06. The van der Waals surface area contributed by atoms with Gasteiger partial charge in [-0.1, -0.05) is 0 Å². The fourth-order valence-corrected chi connectivity index (χ4v) is 2.06. The lowest BCUT2D eigenvalue weighted by Crippen LogP contribution is -2.76. The number of amides is 2. The first-order chi connectivity index (χ1) is 6.49. The van der Waals surface area contributed by atoms with Crippen molar-refractivity contribution in [2.75, 3.05) is 7.05 Å². The number of hydrogen-bond acceptors (Lipinski definition) is 3. The number of carbonyl (C=O) groups is 3. The molecule has 3 aliphatic heterocycles. The van der Waals surface area contributed by atoms with E-state index in [9.17, 15) is 14.4 Å². The van der Waals surface area contributed by atoms with Gasteiger partial charge in [0, 0.05) is 7.05 Å². The molecule has 3 saturated heterocycles. The van der Waals surface area contributed by atoms with Crippen LogP contribution in [0.3, 0.4) is 0 Å². The molecule has 2 unspecified atom stereocenters. The van der Waals surface area contributed by atoms with Crippen LogP contribution >= 0.6 is 0 Å². The summed E-state index contributed by atoms with van der Waals surface area (Å²) in [6, 6.07) is -0.497. The summed E-state index contributed by atoms with van der Waals surface area (Å²) in [7, 11) is 1.46. The van der Waals surface area contributed by atoms with Crippen molar-refractivity contribution in [2.24, 2.45) is 0 Å². The van der Waals surface area contributed by atoms with Gasteiger partial charge < -0.3 is 15.3 Å². The minimum absolute atomic E-state index is 0.182. The molecular formula is C8H10N2O4. The summed E-state index contributed by atoms with van der Waals surface area (Å²) in [6.45, 7) is 0. The van der Waals surface area contributed by atoms with Gasteiger partial charge in [-0.3, -0.25) is 9.59 Å². The molecule has 6 nitrogen and oxygen atoms in total. The minimum atomic E-state index is -1.71. The van der Waals surface area contributed by atoms with Crippen LogP contribution in [-0.4, -0.2) is 46.4 Å². The molecule has 0 aromatic heterocycles. The van der Waals surface area contributed by atoms with Crippen molar-refractivity contribution in [2.45, 2.75) is 24.4 Å². The Bertz CT molecular complexity index is 340. The molecule has 0 aromatic rings. The maximum atomic E-state index is 11.6. The van der Waals surface area contributed by atoms with E-state index >= 15 is 0 Å². The highest BCUT2D eigenvalue weighted by Gasteiger charge is 2.59. The molecule has 0 saturated carbocycles. The molecule has 0 aromatic carbocycles. The third-order valence-corrected chi connectivity index (χ3v) is 2.95. The number of carbonyl (C=O) groups excluding carboxylic acids is 2. The summed E-state index contributed by atoms with van der Waals surface area (Å²) >= 11 is 0. The number of aliphatic carboxylic acids is 1. The van der Waals surface area contributed by atoms with Gasteiger partial charge in [-0.05, 0) is 12.8 Å². The lowest BCUT2D eigenvalue weighted by molar-refractivity contribution is -0.170. The standard InChI is InChI=1S/C8H10N2O4/c1-10-4-2-3-8(6(10)12,7(13)14)9-5(4)11/h4H,2-3H2,1H3,(H,9,11)(H,13,14). The highest BCUT2D eigenvalue weighted by molar-refractivity contribution is 6.14. The molecule has 3 fully saturated rings. The van der Waals surface area contributed by atoms with E-state index in [0.29, 0.717) is 6.42 Å². The molecule has 3 heterocycles. The zero-order valence-electron chi connectivity index (χ0n) is 7.61. The van der Waals surface area contributed by atoms with Crippen LogP contribution in [0.1, 0.15) is 12.8 Å². The van der Waals surface area contributed by atoms with E-state index in [-0.39, 0.29) is 12.3 Å². The topological polar surface area (TPSA) is 86.7 Å². The van der Waals surface area contributed by atoms with Crippen molar-refractivity contribution in [3.8, 4) is 0 Å². The molecule has 3 rings (SSSR count). The third-order valence-electron chi connectivity index (χ3n) is 2.95. The Kier molecular flexibility index (Phi) is 1.58. The Morgan fingerprint density at radius 2 is 2.29 bits per heavy atom. The van der Waals surface area contributed by atoms with E-state index in [1.165, 1.54) is 11.9 Å². The quantitative estimate of drug-likeness (QED) is 0.505. The Hall–Kier alpha value is -1.59. The lowest BCUT2D eigenvalue weighted by Gasteiger charge is -2.47. The number of carboxylic acid groups (broad SMARTS) is 1. The Morgan fingerprint density at radius 1 is 1.64 bits per heavy atom. The van der Waals surface area contributed by atoms with Gasteiger partial charge >= 0.3 is 5.97 Å². The summed E-state index contributed by atoms with van der Waals surface area (Å²) in [5.74, 6) is -2.18. The van der Waals surface area contributed by atoms with Gasteiger partial charge in [0.2, 0.25) is 11.4 Å². The van der Waals surface area contributed by atoms with E-state index in [2.05, 4.69) is 5.32 Å². The number of nitrogens with zero attached hydrogens (tertiary/aromatic N) is 1. The van der Waals surface area contributed by atoms with E-state index < -0.39 is 23.5 Å². The highest BCUT2D eigenvalue weighted by Crippen LogP contribution is 2.31. The second kappa shape index (κ2) is 2.46. The van der Waals surface area contributed by atoms with Crippen LogP contribution in [0.2, 0.25) is 0 Å². The van der Waals surface area contributed by atoms with Crippen molar-refractivity contribution in [1.82, 2.24) is 10.2 Å². The molecule has 0 radical (unpaired) electrons. The van der Waals surface area contributed by atoms with Gasteiger partial charge in [-0.15, -0.1) is 0 Å². The predicted molar refractivity (Wildman–Crippen MR) is 44.3 cm³/mol. The van der Waals surface area contributed by atoms with Gasteiger partial charge in [0.05, 0.1) is 0 Å². The zero-order valence-corrected chi connectivity index (χ0v) is 7.61. The predicted octanol–water partition coefficient (Wildman–Crippen LogP) is -1.44. The van der Waals surface area contributed by atoms with E-state index in [1.54, 1.807) is 0 Å². The molecule has 2 atom stereocenters. The van der Waals surface area contributed by atoms with Crippen LogP contribution in [0.5, 0.6) is 0 Å².